The van der Waals surface area contributed by atoms with Crippen molar-refractivity contribution in [2.75, 3.05) is 0 Å². The first-order valence-electron chi connectivity index (χ1n) is 9.29. The molecule has 0 saturated heterocycles. The van der Waals surface area contributed by atoms with Gasteiger partial charge in [-0.05, 0) is 42.0 Å². The van der Waals surface area contributed by atoms with Crippen molar-refractivity contribution < 1.29 is 9.59 Å². The Morgan fingerprint density at radius 2 is 1.59 bits per heavy atom. The summed E-state index contributed by atoms with van der Waals surface area (Å²) in [7, 11) is 0. The lowest BCUT2D eigenvalue weighted by atomic mass is 10.00. The van der Waals surface area contributed by atoms with Gasteiger partial charge in [0.05, 0.1) is 6.04 Å². The van der Waals surface area contributed by atoms with E-state index in [-0.39, 0.29) is 23.6 Å². The molecule has 4 nitrogen and oxygen atoms in total. The van der Waals surface area contributed by atoms with Crippen LogP contribution in [0.5, 0.6) is 0 Å². The van der Waals surface area contributed by atoms with Crippen LogP contribution in [0.2, 0.25) is 0 Å². The standard InChI is InChI=1S/C23H28N2O2/c1-16(2)14-20-10-12-21(13-11-20)17(3)24-23(27)22(25-18(4)26)15-19-8-6-5-7-9-19/h5-13,15-17H,14H2,1-4H3,(H,24,27)(H,25,26). The summed E-state index contributed by atoms with van der Waals surface area (Å²) in [5.41, 5.74) is 3.40. The molecule has 0 fully saturated rings. The number of carbonyl (C=O) groups excluding carboxylic acids is 2. The number of hydrogen-bond donors (Lipinski definition) is 2. The number of benzene rings is 2. The lowest BCUT2D eigenvalue weighted by molar-refractivity contribution is -0.122. The zero-order valence-corrected chi connectivity index (χ0v) is 16.5. The van der Waals surface area contributed by atoms with Gasteiger partial charge in [-0.25, -0.2) is 0 Å². The Bertz CT molecular complexity index is 793. The summed E-state index contributed by atoms with van der Waals surface area (Å²) in [5.74, 6) is 0.0159. The van der Waals surface area contributed by atoms with Gasteiger partial charge in [0.1, 0.15) is 5.70 Å². The van der Waals surface area contributed by atoms with E-state index in [1.165, 1.54) is 12.5 Å². The quantitative estimate of drug-likeness (QED) is 0.722. The van der Waals surface area contributed by atoms with Crippen molar-refractivity contribution in [3.63, 3.8) is 0 Å². The average molecular weight is 364 g/mol. The molecule has 1 atom stereocenters. The van der Waals surface area contributed by atoms with Crippen LogP contribution in [0.3, 0.4) is 0 Å². The zero-order valence-electron chi connectivity index (χ0n) is 16.5. The monoisotopic (exact) mass is 364 g/mol. The van der Waals surface area contributed by atoms with Gasteiger partial charge in [-0.2, -0.15) is 0 Å². The Morgan fingerprint density at radius 3 is 2.15 bits per heavy atom. The minimum atomic E-state index is -0.312. The Morgan fingerprint density at radius 1 is 0.963 bits per heavy atom. The van der Waals surface area contributed by atoms with Gasteiger partial charge in [-0.1, -0.05) is 68.4 Å². The molecule has 2 aromatic rings. The topological polar surface area (TPSA) is 58.2 Å². The fraction of sp³-hybridized carbons (Fsp3) is 0.304. The maximum Gasteiger partial charge on any atom is 0.268 e. The van der Waals surface area contributed by atoms with Crippen LogP contribution in [0.15, 0.2) is 60.3 Å². The molecule has 2 amide bonds. The minimum Gasteiger partial charge on any atom is -0.344 e. The summed E-state index contributed by atoms with van der Waals surface area (Å²) in [5, 5.41) is 5.59. The number of rotatable bonds is 7. The van der Waals surface area contributed by atoms with Crippen molar-refractivity contribution in [2.24, 2.45) is 5.92 Å². The molecule has 2 N–H and O–H groups in total. The Hall–Kier alpha value is -2.88. The van der Waals surface area contributed by atoms with Crippen LogP contribution in [0, 0.1) is 5.92 Å². The van der Waals surface area contributed by atoms with Gasteiger partial charge in [0.2, 0.25) is 5.91 Å². The van der Waals surface area contributed by atoms with Gasteiger partial charge in [0.15, 0.2) is 0 Å². The second kappa shape index (κ2) is 9.72. The predicted molar refractivity (Wildman–Crippen MR) is 110 cm³/mol. The van der Waals surface area contributed by atoms with E-state index in [9.17, 15) is 9.59 Å². The van der Waals surface area contributed by atoms with Crippen LogP contribution in [0.25, 0.3) is 6.08 Å². The fourth-order valence-electron chi connectivity index (χ4n) is 2.84. The van der Waals surface area contributed by atoms with Crippen molar-refractivity contribution in [1.82, 2.24) is 10.6 Å². The van der Waals surface area contributed by atoms with Gasteiger partial charge in [0, 0.05) is 6.92 Å². The summed E-state index contributed by atoms with van der Waals surface area (Å²) in [4.78, 5) is 24.2. The third kappa shape index (κ3) is 6.74. The Balaban J connectivity index is 2.11. The smallest absolute Gasteiger partial charge is 0.268 e. The molecule has 0 aromatic heterocycles. The molecule has 1 unspecified atom stereocenters. The highest BCUT2D eigenvalue weighted by atomic mass is 16.2. The summed E-state index contributed by atoms with van der Waals surface area (Å²) < 4.78 is 0. The first kappa shape index (κ1) is 20.4. The zero-order chi connectivity index (χ0) is 19.8. The molecular weight excluding hydrogens is 336 g/mol. The van der Waals surface area contributed by atoms with E-state index in [2.05, 4.69) is 36.6 Å². The minimum absolute atomic E-state index is 0.168. The molecule has 2 rings (SSSR count). The van der Waals surface area contributed by atoms with Gasteiger partial charge in [-0.3, -0.25) is 9.59 Å². The Kier molecular flexibility index (Phi) is 7.35. The maximum atomic E-state index is 12.7. The van der Waals surface area contributed by atoms with Crippen molar-refractivity contribution in [1.29, 1.82) is 0 Å². The van der Waals surface area contributed by atoms with E-state index in [1.807, 2.05) is 49.4 Å². The number of hydrogen-bond acceptors (Lipinski definition) is 2. The van der Waals surface area contributed by atoms with Crippen LogP contribution in [-0.4, -0.2) is 11.8 Å². The van der Waals surface area contributed by atoms with E-state index in [4.69, 9.17) is 0 Å². The second-order valence-corrected chi connectivity index (χ2v) is 7.18. The molecule has 0 heterocycles. The van der Waals surface area contributed by atoms with Gasteiger partial charge in [0.25, 0.3) is 5.91 Å². The normalized spacial score (nSPS) is 12.6. The molecule has 4 heteroatoms. The molecule has 0 bridgehead atoms. The Labute approximate surface area is 161 Å². The summed E-state index contributed by atoms with van der Waals surface area (Å²) >= 11 is 0. The van der Waals surface area contributed by atoms with Crippen LogP contribution in [-0.2, 0) is 16.0 Å². The van der Waals surface area contributed by atoms with Crippen molar-refractivity contribution in [3.05, 3.63) is 77.0 Å². The molecule has 0 radical (unpaired) electrons. The first-order chi connectivity index (χ1) is 12.8. The summed E-state index contributed by atoms with van der Waals surface area (Å²) in [6.07, 6.45) is 2.71. The van der Waals surface area contributed by atoms with E-state index in [1.54, 1.807) is 6.08 Å². The van der Waals surface area contributed by atoms with Crippen molar-refractivity contribution in [3.8, 4) is 0 Å². The highest BCUT2D eigenvalue weighted by molar-refractivity contribution is 6.01. The summed E-state index contributed by atoms with van der Waals surface area (Å²) in [6, 6.07) is 17.6. The fourth-order valence-corrected chi connectivity index (χ4v) is 2.84. The highest BCUT2D eigenvalue weighted by Crippen LogP contribution is 2.16. The largest absolute Gasteiger partial charge is 0.344 e. The molecular formula is C23H28N2O2. The van der Waals surface area contributed by atoms with E-state index < -0.39 is 0 Å². The lowest BCUT2D eigenvalue weighted by Crippen LogP contribution is -2.35. The molecule has 0 aliphatic carbocycles. The van der Waals surface area contributed by atoms with Crippen molar-refractivity contribution >= 4 is 17.9 Å². The van der Waals surface area contributed by atoms with Crippen LogP contribution < -0.4 is 10.6 Å². The number of nitrogens with one attached hydrogen (secondary N) is 2. The SMILES string of the molecule is CC(=O)NC(=Cc1ccccc1)C(=O)NC(C)c1ccc(CC(C)C)cc1. The lowest BCUT2D eigenvalue weighted by Gasteiger charge is -2.17. The van der Waals surface area contributed by atoms with Gasteiger partial charge >= 0.3 is 0 Å². The number of amides is 2. The maximum absolute atomic E-state index is 12.7. The molecule has 0 saturated carbocycles. The first-order valence-corrected chi connectivity index (χ1v) is 9.29. The number of carbonyl (C=O) groups is 2. The third-order valence-electron chi connectivity index (χ3n) is 4.14. The molecule has 0 aliphatic heterocycles. The van der Waals surface area contributed by atoms with E-state index >= 15 is 0 Å². The average Bonchev–Trinajstić information content (AvgIpc) is 2.61. The van der Waals surface area contributed by atoms with E-state index in [0.29, 0.717) is 5.92 Å². The van der Waals surface area contributed by atoms with Crippen LogP contribution in [0.4, 0.5) is 0 Å². The molecule has 2 aromatic carbocycles. The second-order valence-electron chi connectivity index (χ2n) is 7.18. The predicted octanol–water partition coefficient (Wildman–Crippen LogP) is 4.24. The molecule has 0 spiro atoms. The highest BCUT2D eigenvalue weighted by Gasteiger charge is 2.15. The molecule has 27 heavy (non-hydrogen) atoms. The van der Waals surface area contributed by atoms with Gasteiger partial charge in [-0.15, -0.1) is 0 Å². The van der Waals surface area contributed by atoms with Gasteiger partial charge < -0.3 is 10.6 Å². The molecule has 0 aliphatic rings. The van der Waals surface area contributed by atoms with Crippen LogP contribution >= 0.6 is 0 Å². The van der Waals surface area contributed by atoms with Crippen LogP contribution in [0.1, 0.15) is 50.4 Å². The third-order valence-corrected chi connectivity index (χ3v) is 4.14. The summed E-state index contributed by atoms with van der Waals surface area (Å²) in [6.45, 7) is 7.71. The van der Waals surface area contributed by atoms with Crippen molar-refractivity contribution in [2.45, 2.75) is 40.2 Å². The molecule has 142 valence electrons. The van der Waals surface area contributed by atoms with E-state index in [0.717, 1.165) is 17.5 Å².